The molecule has 0 saturated heterocycles. The summed E-state index contributed by atoms with van der Waals surface area (Å²) < 4.78 is 31.9. The average Bonchev–Trinajstić information content (AvgIpc) is 2.34. The summed E-state index contributed by atoms with van der Waals surface area (Å²) in [6.45, 7) is 4.64. The molecular weight excluding hydrogens is 264 g/mol. The molecule has 1 aromatic carbocycles. The van der Waals surface area contributed by atoms with Gasteiger partial charge in [0.15, 0.2) is 0 Å². The zero-order valence-corrected chi connectivity index (χ0v) is 12.5. The molecule has 0 radical (unpaired) electrons. The predicted molar refractivity (Wildman–Crippen MR) is 76.7 cm³/mol. The van der Waals surface area contributed by atoms with Gasteiger partial charge in [-0.3, -0.25) is 0 Å². The van der Waals surface area contributed by atoms with Gasteiger partial charge in [-0.1, -0.05) is 13.8 Å². The number of ether oxygens (including phenoxy) is 1. The number of nitrogens with two attached hydrogens (primary N) is 1. The molecule has 108 valence electrons. The van der Waals surface area contributed by atoms with E-state index in [1.807, 2.05) is 0 Å². The van der Waals surface area contributed by atoms with Gasteiger partial charge in [-0.2, -0.15) is 0 Å². The molecule has 0 spiro atoms. The quantitative estimate of drug-likeness (QED) is 0.593. The molecule has 0 fully saturated rings. The second-order valence-corrected chi connectivity index (χ2v) is 6.58. The maximum Gasteiger partial charge on any atom is 0.244 e. The number of sulfonamides is 1. The van der Waals surface area contributed by atoms with Gasteiger partial charge in [0.1, 0.15) is 10.6 Å². The van der Waals surface area contributed by atoms with Crippen LogP contribution in [0.4, 0.5) is 5.69 Å². The van der Waals surface area contributed by atoms with Crippen LogP contribution in [0.2, 0.25) is 0 Å². The topological polar surface area (TPSA) is 81.4 Å². The summed E-state index contributed by atoms with van der Waals surface area (Å²) in [6, 6.07) is 4.51. The number of benzene rings is 1. The first-order valence-corrected chi connectivity index (χ1v) is 7.78. The number of anilines is 1. The predicted octanol–water partition coefficient (Wildman–Crippen LogP) is 1.99. The fraction of sp³-hybridized carbons (Fsp3) is 0.538. The van der Waals surface area contributed by atoms with Crippen molar-refractivity contribution in [1.29, 1.82) is 0 Å². The van der Waals surface area contributed by atoms with Gasteiger partial charge >= 0.3 is 0 Å². The molecule has 0 unspecified atom stereocenters. The Labute approximate surface area is 115 Å². The second-order valence-electron chi connectivity index (χ2n) is 4.84. The van der Waals surface area contributed by atoms with Gasteiger partial charge in [0.2, 0.25) is 10.0 Å². The third-order valence-electron chi connectivity index (χ3n) is 2.73. The van der Waals surface area contributed by atoms with Crippen LogP contribution in [-0.4, -0.2) is 22.1 Å². The molecule has 6 heteroatoms. The summed E-state index contributed by atoms with van der Waals surface area (Å²) in [7, 11) is -2.13. The molecule has 5 nitrogen and oxygen atoms in total. The minimum Gasteiger partial charge on any atom is -0.495 e. The van der Waals surface area contributed by atoms with Crippen LogP contribution >= 0.6 is 0 Å². The Hall–Kier alpha value is -1.27. The van der Waals surface area contributed by atoms with E-state index in [0.717, 1.165) is 12.8 Å². The highest BCUT2D eigenvalue weighted by Crippen LogP contribution is 2.25. The Kier molecular flexibility index (Phi) is 5.62. The van der Waals surface area contributed by atoms with Crippen molar-refractivity contribution in [2.24, 2.45) is 5.92 Å². The minimum absolute atomic E-state index is 0.119. The highest BCUT2D eigenvalue weighted by atomic mass is 32.2. The van der Waals surface area contributed by atoms with E-state index in [-0.39, 0.29) is 10.6 Å². The van der Waals surface area contributed by atoms with Crippen molar-refractivity contribution >= 4 is 15.7 Å². The minimum atomic E-state index is -3.55. The summed E-state index contributed by atoms with van der Waals surface area (Å²) in [6.07, 6.45) is 1.80. The van der Waals surface area contributed by atoms with E-state index < -0.39 is 10.0 Å². The van der Waals surface area contributed by atoms with Crippen LogP contribution in [0.25, 0.3) is 0 Å². The standard InChI is InChI=1S/C13H22N2O3S/c1-10(2)5-4-8-15-19(16,17)13-7-6-11(14)9-12(13)18-3/h6-7,9-10,15H,4-5,8,14H2,1-3H3. The first-order chi connectivity index (χ1) is 8.86. The molecule has 0 aliphatic rings. The van der Waals surface area contributed by atoms with Gasteiger partial charge in [0.25, 0.3) is 0 Å². The molecule has 0 saturated carbocycles. The van der Waals surface area contributed by atoms with Crippen LogP contribution in [0.1, 0.15) is 26.7 Å². The van der Waals surface area contributed by atoms with Crippen molar-refractivity contribution in [1.82, 2.24) is 4.72 Å². The summed E-state index contributed by atoms with van der Waals surface area (Å²) in [5.74, 6) is 0.826. The van der Waals surface area contributed by atoms with Gasteiger partial charge < -0.3 is 10.5 Å². The van der Waals surface area contributed by atoms with Crippen LogP contribution in [0, 0.1) is 5.92 Å². The highest BCUT2D eigenvalue weighted by molar-refractivity contribution is 7.89. The van der Waals surface area contributed by atoms with E-state index in [1.165, 1.54) is 19.2 Å². The largest absolute Gasteiger partial charge is 0.495 e. The molecule has 0 bridgehead atoms. The third-order valence-corrected chi connectivity index (χ3v) is 4.23. The van der Waals surface area contributed by atoms with Crippen LogP contribution in [-0.2, 0) is 10.0 Å². The molecule has 1 rings (SSSR count). The van der Waals surface area contributed by atoms with E-state index in [1.54, 1.807) is 6.07 Å². The molecule has 3 N–H and O–H groups in total. The fourth-order valence-corrected chi connectivity index (χ4v) is 2.92. The van der Waals surface area contributed by atoms with Gasteiger partial charge in [0, 0.05) is 18.3 Å². The lowest BCUT2D eigenvalue weighted by Crippen LogP contribution is -2.25. The number of nitrogen functional groups attached to an aromatic ring is 1. The average molecular weight is 286 g/mol. The Morgan fingerprint density at radius 1 is 1.37 bits per heavy atom. The normalized spacial score (nSPS) is 11.8. The van der Waals surface area contributed by atoms with Gasteiger partial charge in [-0.25, -0.2) is 13.1 Å². The number of rotatable bonds is 7. The van der Waals surface area contributed by atoms with E-state index >= 15 is 0 Å². The number of methoxy groups -OCH3 is 1. The Balaban J connectivity index is 2.77. The van der Waals surface area contributed by atoms with Crippen molar-refractivity contribution in [2.75, 3.05) is 19.4 Å². The number of hydrogen-bond acceptors (Lipinski definition) is 4. The third kappa shape index (κ3) is 4.72. The maximum absolute atomic E-state index is 12.1. The van der Waals surface area contributed by atoms with Gasteiger partial charge in [-0.15, -0.1) is 0 Å². The monoisotopic (exact) mass is 286 g/mol. The molecular formula is C13H22N2O3S. The highest BCUT2D eigenvalue weighted by Gasteiger charge is 2.18. The van der Waals surface area contributed by atoms with Crippen LogP contribution in [0.3, 0.4) is 0 Å². The van der Waals surface area contributed by atoms with E-state index in [4.69, 9.17) is 10.5 Å². The van der Waals surface area contributed by atoms with Crippen LogP contribution in [0.15, 0.2) is 23.1 Å². The first kappa shape index (κ1) is 15.8. The zero-order valence-electron chi connectivity index (χ0n) is 11.6. The van der Waals surface area contributed by atoms with Crippen molar-refractivity contribution < 1.29 is 13.2 Å². The fourth-order valence-electron chi connectivity index (χ4n) is 1.70. The van der Waals surface area contributed by atoms with Crippen molar-refractivity contribution in [3.8, 4) is 5.75 Å². The number of nitrogens with one attached hydrogen (secondary N) is 1. The van der Waals surface area contributed by atoms with Crippen molar-refractivity contribution in [3.05, 3.63) is 18.2 Å². The molecule has 19 heavy (non-hydrogen) atoms. The van der Waals surface area contributed by atoms with Gasteiger partial charge in [-0.05, 0) is 30.9 Å². The molecule has 0 amide bonds. The lowest BCUT2D eigenvalue weighted by Gasteiger charge is -2.11. The summed E-state index contributed by atoms with van der Waals surface area (Å²) in [5, 5.41) is 0. The molecule has 0 aromatic heterocycles. The summed E-state index contributed by atoms with van der Waals surface area (Å²) in [5.41, 5.74) is 6.07. The van der Waals surface area contributed by atoms with Crippen LogP contribution < -0.4 is 15.2 Å². The summed E-state index contributed by atoms with van der Waals surface area (Å²) >= 11 is 0. The smallest absolute Gasteiger partial charge is 0.244 e. The summed E-state index contributed by atoms with van der Waals surface area (Å²) in [4.78, 5) is 0.119. The van der Waals surface area contributed by atoms with E-state index in [0.29, 0.717) is 18.2 Å². The van der Waals surface area contributed by atoms with Crippen molar-refractivity contribution in [2.45, 2.75) is 31.6 Å². The Morgan fingerprint density at radius 2 is 2.05 bits per heavy atom. The van der Waals surface area contributed by atoms with Crippen molar-refractivity contribution in [3.63, 3.8) is 0 Å². The second kappa shape index (κ2) is 6.77. The van der Waals surface area contributed by atoms with Crippen LogP contribution in [0.5, 0.6) is 5.75 Å². The molecule has 1 aromatic rings. The molecule has 0 heterocycles. The molecule has 0 aliphatic carbocycles. The molecule has 0 aliphatic heterocycles. The lowest BCUT2D eigenvalue weighted by molar-refractivity contribution is 0.402. The maximum atomic E-state index is 12.1. The van der Waals surface area contributed by atoms with E-state index in [9.17, 15) is 8.42 Å². The van der Waals surface area contributed by atoms with Gasteiger partial charge in [0.05, 0.1) is 7.11 Å². The van der Waals surface area contributed by atoms with E-state index in [2.05, 4.69) is 18.6 Å². The first-order valence-electron chi connectivity index (χ1n) is 6.30. The zero-order chi connectivity index (χ0) is 14.5. The number of hydrogen-bond donors (Lipinski definition) is 2. The Morgan fingerprint density at radius 3 is 2.63 bits per heavy atom. The Bertz CT molecular complexity index is 513. The SMILES string of the molecule is COc1cc(N)ccc1S(=O)(=O)NCCCC(C)C. The molecule has 0 atom stereocenters. The lowest BCUT2D eigenvalue weighted by atomic mass is 10.1.